The molecule has 1 aliphatic rings. The molecule has 3 heteroatoms. The van der Waals surface area contributed by atoms with Crippen LogP contribution in [0.4, 0.5) is 0 Å². The second-order valence-corrected chi connectivity index (χ2v) is 5.92. The fourth-order valence-corrected chi connectivity index (χ4v) is 2.32. The average molecular weight is 263 g/mol. The van der Waals surface area contributed by atoms with Crippen molar-refractivity contribution in [1.82, 2.24) is 5.32 Å². The van der Waals surface area contributed by atoms with E-state index in [2.05, 4.69) is 44.3 Å². The fourth-order valence-electron chi connectivity index (χ4n) is 2.32. The number of rotatable bonds is 4. The van der Waals surface area contributed by atoms with E-state index in [0.29, 0.717) is 12.6 Å². The Bertz CT molecular complexity index is 442. The van der Waals surface area contributed by atoms with Crippen LogP contribution < -0.4 is 5.32 Å². The number of nitrogens with one attached hydrogen (secondary N) is 1. The Balaban J connectivity index is 1.87. The molecule has 1 aromatic carbocycles. The Morgan fingerprint density at radius 3 is 2.63 bits per heavy atom. The summed E-state index contributed by atoms with van der Waals surface area (Å²) in [5.74, 6) is -0.434. The van der Waals surface area contributed by atoms with Gasteiger partial charge in [-0.25, -0.2) is 0 Å². The maximum Gasteiger partial charge on any atom is 0.163 e. The van der Waals surface area contributed by atoms with E-state index in [0.717, 1.165) is 6.54 Å². The molecule has 0 radical (unpaired) electrons. The summed E-state index contributed by atoms with van der Waals surface area (Å²) in [6.45, 7) is 11.9. The van der Waals surface area contributed by atoms with Crippen molar-refractivity contribution >= 4 is 0 Å². The molecule has 2 atom stereocenters. The number of ether oxygens (including phenoxy) is 2. The van der Waals surface area contributed by atoms with Crippen molar-refractivity contribution in [3.05, 3.63) is 34.9 Å². The van der Waals surface area contributed by atoms with Crippen molar-refractivity contribution in [2.24, 2.45) is 0 Å². The van der Waals surface area contributed by atoms with Crippen LogP contribution >= 0.6 is 0 Å². The summed E-state index contributed by atoms with van der Waals surface area (Å²) in [7, 11) is 0. The van der Waals surface area contributed by atoms with E-state index in [1.807, 2.05) is 13.8 Å². The first-order valence-corrected chi connectivity index (χ1v) is 7.00. The van der Waals surface area contributed by atoms with E-state index in [1.165, 1.54) is 16.7 Å². The highest BCUT2D eigenvalue weighted by Crippen LogP contribution is 2.22. The monoisotopic (exact) mass is 263 g/mol. The SMILES string of the molecule is Cc1ccc(C(C)NCC2COC(C)(C)O2)cc1C. The van der Waals surface area contributed by atoms with Crippen molar-refractivity contribution in [3.8, 4) is 0 Å². The summed E-state index contributed by atoms with van der Waals surface area (Å²) in [4.78, 5) is 0. The Morgan fingerprint density at radius 1 is 1.32 bits per heavy atom. The van der Waals surface area contributed by atoms with Gasteiger partial charge in [0.1, 0.15) is 0 Å². The molecule has 3 nitrogen and oxygen atoms in total. The second kappa shape index (κ2) is 5.61. The fraction of sp³-hybridized carbons (Fsp3) is 0.625. The molecule has 19 heavy (non-hydrogen) atoms. The lowest BCUT2D eigenvalue weighted by molar-refractivity contribution is -0.137. The maximum absolute atomic E-state index is 5.79. The van der Waals surface area contributed by atoms with E-state index in [1.54, 1.807) is 0 Å². The molecule has 1 N–H and O–H groups in total. The Labute approximate surface area is 116 Å². The summed E-state index contributed by atoms with van der Waals surface area (Å²) in [6.07, 6.45) is 0.143. The minimum Gasteiger partial charge on any atom is -0.348 e. The van der Waals surface area contributed by atoms with Gasteiger partial charge in [-0.1, -0.05) is 18.2 Å². The summed E-state index contributed by atoms with van der Waals surface area (Å²) in [6, 6.07) is 6.95. The highest BCUT2D eigenvalue weighted by Gasteiger charge is 2.32. The lowest BCUT2D eigenvalue weighted by atomic mass is 10.0. The van der Waals surface area contributed by atoms with Gasteiger partial charge in [0.25, 0.3) is 0 Å². The van der Waals surface area contributed by atoms with Crippen molar-refractivity contribution in [2.45, 2.75) is 52.6 Å². The van der Waals surface area contributed by atoms with Crippen LogP contribution in [0.3, 0.4) is 0 Å². The lowest BCUT2D eigenvalue weighted by Gasteiger charge is -2.20. The van der Waals surface area contributed by atoms with Crippen LogP contribution in [0.5, 0.6) is 0 Å². The van der Waals surface area contributed by atoms with E-state index >= 15 is 0 Å². The van der Waals surface area contributed by atoms with Gasteiger partial charge in [-0.3, -0.25) is 0 Å². The van der Waals surface area contributed by atoms with Gasteiger partial charge in [0, 0.05) is 12.6 Å². The van der Waals surface area contributed by atoms with Gasteiger partial charge in [0.05, 0.1) is 12.7 Å². The molecule has 0 aromatic heterocycles. The van der Waals surface area contributed by atoms with E-state index < -0.39 is 5.79 Å². The third-order valence-electron chi connectivity index (χ3n) is 3.75. The highest BCUT2D eigenvalue weighted by atomic mass is 16.7. The van der Waals surface area contributed by atoms with Gasteiger partial charge >= 0.3 is 0 Å². The lowest BCUT2D eigenvalue weighted by Crippen LogP contribution is -2.32. The number of benzene rings is 1. The molecule has 1 heterocycles. The topological polar surface area (TPSA) is 30.5 Å². The largest absolute Gasteiger partial charge is 0.348 e. The Morgan fingerprint density at radius 2 is 2.05 bits per heavy atom. The molecule has 1 saturated heterocycles. The second-order valence-electron chi connectivity index (χ2n) is 5.92. The van der Waals surface area contributed by atoms with Crippen LogP contribution in [0.15, 0.2) is 18.2 Å². The van der Waals surface area contributed by atoms with E-state index in [4.69, 9.17) is 9.47 Å². The van der Waals surface area contributed by atoms with Gasteiger partial charge < -0.3 is 14.8 Å². The molecule has 0 spiro atoms. The maximum atomic E-state index is 5.79. The van der Waals surface area contributed by atoms with Crippen LogP contribution in [-0.2, 0) is 9.47 Å². The molecule has 1 aliphatic heterocycles. The van der Waals surface area contributed by atoms with Crippen molar-refractivity contribution < 1.29 is 9.47 Å². The molecule has 1 fully saturated rings. The summed E-state index contributed by atoms with van der Waals surface area (Å²) in [5.41, 5.74) is 4.00. The zero-order chi connectivity index (χ0) is 14.0. The van der Waals surface area contributed by atoms with Crippen LogP contribution in [0.25, 0.3) is 0 Å². The zero-order valence-electron chi connectivity index (χ0n) is 12.6. The van der Waals surface area contributed by atoms with Gasteiger partial charge in [0.2, 0.25) is 0 Å². The molecular weight excluding hydrogens is 238 g/mol. The molecule has 0 amide bonds. The van der Waals surface area contributed by atoms with Gasteiger partial charge in [0.15, 0.2) is 5.79 Å². The summed E-state index contributed by atoms with van der Waals surface area (Å²) < 4.78 is 11.4. The molecule has 1 aromatic rings. The Kier molecular flexibility index (Phi) is 4.29. The quantitative estimate of drug-likeness (QED) is 0.905. The number of hydrogen-bond acceptors (Lipinski definition) is 3. The van der Waals surface area contributed by atoms with Crippen molar-refractivity contribution in [2.75, 3.05) is 13.2 Å². The molecular formula is C16H25NO2. The first-order chi connectivity index (χ1) is 8.87. The van der Waals surface area contributed by atoms with E-state index in [9.17, 15) is 0 Å². The van der Waals surface area contributed by atoms with Crippen molar-refractivity contribution in [3.63, 3.8) is 0 Å². The molecule has 0 aliphatic carbocycles. The van der Waals surface area contributed by atoms with Crippen molar-refractivity contribution in [1.29, 1.82) is 0 Å². The smallest absolute Gasteiger partial charge is 0.163 e. The molecule has 0 saturated carbocycles. The first kappa shape index (κ1) is 14.5. The molecule has 0 bridgehead atoms. The average Bonchev–Trinajstić information content (AvgIpc) is 2.69. The van der Waals surface area contributed by atoms with Gasteiger partial charge in [-0.15, -0.1) is 0 Å². The van der Waals surface area contributed by atoms with Crippen LogP contribution in [-0.4, -0.2) is 25.0 Å². The predicted molar refractivity (Wildman–Crippen MR) is 77.2 cm³/mol. The van der Waals surface area contributed by atoms with Gasteiger partial charge in [-0.2, -0.15) is 0 Å². The predicted octanol–water partition coefficient (Wildman–Crippen LogP) is 3.11. The normalized spacial score (nSPS) is 23.5. The van der Waals surface area contributed by atoms with E-state index in [-0.39, 0.29) is 6.10 Å². The minimum atomic E-state index is -0.434. The third kappa shape index (κ3) is 3.78. The van der Waals surface area contributed by atoms with Gasteiger partial charge in [-0.05, 0) is 51.3 Å². The Hall–Kier alpha value is -0.900. The number of aryl methyl sites for hydroxylation is 2. The summed E-state index contributed by atoms with van der Waals surface area (Å²) >= 11 is 0. The standard InChI is InChI=1S/C16H25NO2/c1-11-6-7-14(8-12(11)2)13(3)17-9-15-10-18-16(4,5)19-15/h6-8,13,15,17H,9-10H2,1-5H3. The molecule has 2 unspecified atom stereocenters. The highest BCUT2D eigenvalue weighted by molar-refractivity contribution is 5.31. The minimum absolute atomic E-state index is 0.143. The van der Waals surface area contributed by atoms with Crippen LogP contribution in [0.1, 0.15) is 43.5 Å². The van der Waals surface area contributed by atoms with Crippen LogP contribution in [0.2, 0.25) is 0 Å². The third-order valence-corrected chi connectivity index (χ3v) is 3.75. The van der Waals surface area contributed by atoms with Crippen LogP contribution in [0, 0.1) is 13.8 Å². The summed E-state index contributed by atoms with van der Waals surface area (Å²) in [5, 5.41) is 3.52. The first-order valence-electron chi connectivity index (χ1n) is 7.00. The number of hydrogen-bond donors (Lipinski definition) is 1. The molecule has 2 rings (SSSR count). The zero-order valence-corrected chi connectivity index (χ0v) is 12.6. The molecule has 106 valence electrons.